The average Bonchev–Trinajstić information content (AvgIpc) is 2.13. The topological polar surface area (TPSA) is 38.3 Å². The molecule has 86 valence electrons. The van der Waals surface area contributed by atoms with Crippen LogP contribution in [0.2, 0.25) is 0 Å². The van der Waals surface area contributed by atoms with Crippen molar-refractivity contribution < 1.29 is 18.3 Å². The van der Waals surface area contributed by atoms with Gasteiger partial charge >= 0.3 is 5.97 Å². The number of ether oxygens (including phenoxy) is 1. The van der Waals surface area contributed by atoms with Crippen LogP contribution in [0.25, 0.3) is 0 Å². The van der Waals surface area contributed by atoms with E-state index < -0.39 is 12.0 Å². The lowest BCUT2D eigenvalue weighted by molar-refractivity contribution is -0.180. The molecule has 2 fully saturated rings. The minimum absolute atomic E-state index is 0.0742. The first-order valence-electron chi connectivity index (χ1n) is 5.15. The van der Waals surface area contributed by atoms with Gasteiger partial charge in [-0.05, 0) is 24.8 Å². The summed E-state index contributed by atoms with van der Waals surface area (Å²) >= 11 is 0. The molecule has 0 unspecified atom stereocenters. The van der Waals surface area contributed by atoms with E-state index in [0.29, 0.717) is 13.0 Å². The van der Waals surface area contributed by atoms with Crippen LogP contribution in [0.5, 0.6) is 0 Å². The van der Waals surface area contributed by atoms with Gasteiger partial charge in [-0.15, -0.1) is 0 Å². The highest BCUT2D eigenvalue weighted by Crippen LogP contribution is 2.57. The Morgan fingerprint density at radius 2 is 2.13 bits per heavy atom. The monoisotopic (exact) mass is 219 g/mol. The van der Waals surface area contributed by atoms with Crippen molar-refractivity contribution in [2.45, 2.75) is 37.6 Å². The molecule has 1 N–H and O–H groups in total. The predicted octanol–water partition coefficient (Wildman–Crippen LogP) is 1.33. The van der Waals surface area contributed by atoms with Crippen LogP contribution in [0.15, 0.2) is 0 Å². The molecule has 0 aromatic heterocycles. The lowest BCUT2D eigenvalue weighted by atomic mass is 9.60. The molecule has 1 atom stereocenters. The van der Waals surface area contributed by atoms with Crippen molar-refractivity contribution in [2.24, 2.45) is 5.41 Å². The molecule has 1 aliphatic heterocycles. The van der Waals surface area contributed by atoms with E-state index in [1.54, 1.807) is 0 Å². The summed E-state index contributed by atoms with van der Waals surface area (Å²) in [7, 11) is 1.32. The van der Waals surface area contributed by atoms with E-state index in [-0.39, 0.29) is 24.2 Å². The Bertz CT molecular complexity index is 273. The molecule has 1 saturated heterocycles. The molecule has 0 amide bonds. The number of piperidine rings is 1. The Morgan fingerprint density at radius 3 is 2.67 bits per heavy atom. The molecule has 3 nitrogen and oxygen atoms in total. The van der Waals surface area contributed by atoms with E-state index in [2.05, 4.69) is 10.1 Å². The second kappa shape index (κ2) is 3.40. The summed E-state index contributed by atoms with van der Waals surface area (Å²) in [6.45, 7) is 0.621. The number of halogens is 2. The summed E-state index contributed by atoms with van der Waals surface area (Å²) in [4.78, 5) is 11.3. The molecule has 2 aliphatic rings. The summed E-state index contributed by atoms with van der Waals surface area (Å²) in [5, 5.41) is 3.00. The molecule has 0 bridgehead atoms. The number of carbonyl (C=O) groups excluding carboxylic acids is 1. The number of esters is 1. The van der Waals surface area contributed by atoms with E-state index in [1.807, 2.05) is 0 Å². The van der Waals surface area contributed by atoms with Crippen LogP contribution < -0.4 is 5.32 Å². The lowest BCUT2D eigenvalue weighted by Crippen LogP contribution is -2.56. The summed E-state index contributed by atoms with van der Waals surface area (Å²) in [6, 6.07) is -0.403. The van der Waals surface area contributed by atoms with E-state index in [1.165, 1.54) is 7.11 Å². The van der Waals surface area contributed by atoms with E-state index in [0.717, 1.165) is 6.42 Å². The lowest BCUT2D eigenvalue weighted by Gasteiger charge is -2.51. The minimum atomic E-state index is -2.52. The second-order valence-electron chi connectivity index (χ2n) is 4.69. The maximum Gasteiger partial charge on any atom is 0.322 e. The molecule has 0 radical (unpaired) electrons. The summed E-state index contributed by atoms with van der Waals surface area (Å²) < 4.78 is 30.3. The van der Waals surface area contributed by atoms with Crippen LogP contribution >= 0.6 is 0 Å². The molecule has 1 aliphatic carbocycles. The number of rotatable bonds is 1. The zero-order chi connectivity index (χ0) is 11.1. The van der Waals surface area contributed by atoms with Gasteiger partial charge in [0.15, 0.2) is 0 Å². The van der Waals surface area contributed by atoms with Crippen LogP contribution in [0.1, 0.15) is 25.7 Å². The summed E-state index contributed by atoms with van der Waals surface area (Å²) in [5.74, 6) is -2.86. The molecule has 1 saturated carbocycles. The van der Waals surface area contributed by atoms with Crippen LogP contribution in [0.4, 0.5) is 8.78 Å². The van der Waals surface area contributed by atoms with E-state index >= 15 is 0 Å². The van der Waals surface area contributed by atoms with Crippen LogP contribution in [-0.2, 0) is 9.53 Å². The molecule has 0 aromatic carbocycles. The first-order valence-corrected chi connectivity index (χ1v) is 5.15. The zero-order valence-corrected chi connectivity index (χ0v) is 8.69. The Labute approximate surface area is 87.2 Å². The van der Waals surface area contributed by atoms with Crippen LogP contribution in [0, 0.1) is 5.41 Å². The van der Waals surface area contributed by atoms with Crippen molar-refractivity contribution in [2.75, 3.05) is 13.7 Å². The number of carbonyl (C=O) groups is 1. The molecule has 1 spiro atoms. The van der Waals surface area contributed by atoms with Crippen molar-refractivity contribution in [1.82, 2.24) is 5.32 Å². The normalized spacial score (nSPS) is 32.1. The molecule has 0 aromatic rings. The third-order valence-electron chi connectivity index (χ3n) is 3.44. The quantitative estimate of drug-likeness (QED) is 0.676. The van der Waals surface area contributed by atoms with Crippen molar-refractivity contribution >= 4 is 5.97 Å². The highest BCUT2D eigenvalue weighted by atomic mass is 19.3. The van der Waals surface area contributed by atoms with Crippen LogP contribution in [-0.4, -0.2) is 31.6 Å². The van der Waals surface area contributed by atoms with Gasteiger partial charge in [0.05, 0.1) is 7.11 Å². The minimum Gasteiger partial charge on any atom is -0.468 e. The summed E-state index contributed by atoms with van der Waals surface area (Å²) in [6.07, 6.45) is 1.07. The fraction of sp³-hybridized carbons (Fsp3) is 0.900. The van der Waals surface area contributed by atoms with E-state index in [4.69, 9.17) is 0 Å². The van der Waals surface area contributed by atoms with Gasteiger partial charge in [-0.1, -0.05) is 0 Å². The number of nitrogens with one attached hydrogen (secondary N) is 1. The SMILES string of the molecule is COC(=O)[C@@H]1CC2(CCN1)CC(F)(F)C2. The van der Waals surface area contributed by atoms with Gasteiger partial charge in [-0.25, -0.2) is 8.78 Å². The fourth-order valence-corrected chi connectivity index (χ4v) is 2.79. The Hall–Kier alpha value is -0.710. The van der Waals surface area contributed by atoms with Gasteiger partial charge in [-0.3, -0.25) is 4.79 Å². The number of alkyl halides is 2. The standard InChI is InChI=1S/C10H15F2NO2/c1-15-8(14)7-4-9(2-3-13-7)5-10(11,12)6-9/h7,13H,2-6H2,1H3/t7-/m0/s1. The Kier molecular flexibility index (Phi) is 2.45. The molecule has 2 rings (SSSR count). The van der Waals surface area contributed by atoms with Gasteiger partial charge < -0.3 is 10.1 Å². The number of hydrogen-bond donors (Lipinski definition) is 1. The highest BCUT2D eigenvalue weighted by molar-refractivity contribution is 5.75. The molecule has 5 heteroatoms. The molecule has 1 heterocycles. The average molecular weight is 219 g/mol. The van der Waals surface area contributed by atoms with Gasteiger partial charge in [0.2, 0.25) is 5.92 Å². The highest BCUT2D eigenvalue weighted by Gasteiger charge is 2.58. The third kappa shape index (κ3) is 1.97. The molecular formula is C10H15F2NO2. The smallest absolute Gasteiger partial charge is 0.322 e. The Morgan fingerprint density at radius 1 is 1.47 bits per heavy atom. The van der Waals surface area contributed by atoms with Crippen molar-refractivity contribution in [3.63, 3.8) is 0 Å². The van der Waals surface area contributed by atoms with Gasteiger partial charge in [0.25, 0.3) is 0 Å². The largest absolute Gasteiger partial charge is 0.468 e. The zero-order valence-electron chi connectivity index (χ0n) is 8.69. The van der Waals surface area contributed by atoms with Crippen molar-refractivity contribution in [3.8, 4) is 0 Å². The maximum atomic E-state index is 12.8. The number of methoxy groups -OCH3 is 1. The molecular weight excluding hydrogens is 204 g/mol. The van der Waals surface area contributed by atoms with Crippen LogP contribution in [0.3, 0.4) is 0 Å². The van der Waals surface area contributed by atoms with Gasteiger partial charge in [0.1, 0.15) is 6.04 Å². The van der Waals surface area contributed by atoms with Crippen molar-refractivity contribution in [1.29, 1.82) is 0 Å². The third-order valence-corrected chi connectivity index (χ3v) is 3.44. The predicted molar refractivity (Wildman–Crippen MR) is 49.7 cm³/mol. The van der Waals surface area contributed by atoms with Gasteiger partial charge in [0, 0.05) is 12.8 Å². The second-order valence-corrected chi connectivity index (χ2v) is 4.69. The van der Waals surface area contributed by atoms with E-state index in [9.17, 15) is 13.6 Å². The first kappa shape index (κ1) is 10.8. The first-order chi connectivity index (χ1) is 6.96. The molecule has 15 heavy (non-hydrogen) atoms. The fourth-order valence-electron chi connectivity index (χ4n) is 2.79. The Balaban J connectivity index is 1.97. The number of hydrogen-bond acceptors (Lipinski definition) is 3. The van der Waals surface area contributed by atoms with Crippen molar-refractivity contribution in [3.05, 3.63) is 0 Å². The maximum absolute atomic E-state index is 12.8. The van der Waals surface area contributed by atoms with Gasteiger partial charge in [-0.2, -0.15) is 0 Å². The summed E-state index contributed by atoms with van der Waals surface area (Å²) in [5.41, 5.74) is -0.326.